The molecule has 1 rings (SSSR count). The van der Waals surface area contributed by atoms with Gasteiger partial charge in [0.1, 0.15) is 0 Å². The maximum Gasteiger partial charge on any atom is 0.154 e. The summed E-state index contributed by atoms with van der Waals surface area (Å²) in [4.78, 5) is 0. The summed E-state index contributed by atoms with van der Waals surface area (Å²) in [5, 5.41) is 0. The van der Waals surface area contributed by atoms with Gasteiger partial charge in [-0.2, -0.15) is 0 Å². The number of rotatable bonds is 1. The van der Waals surface area contributed by atoms with Crippen LogP contribution in [0.2, 0.25) is 0 Å². The summed E-state index contributed by atoms with van der Waals surface area (Å²) < 4.78 is 26.6. The van der Waals surface area contributed by atoms with Gasteiger partial charge in [0.2, 0.25) is 0 Å². The van der Waals surface area contributed by atoms with Crippen LogP contribution in [0.4, 0.5) is 0 Å². The molecule has 1 aliphatic rings. The summed E-state index contributed by atoms with van der Waals surface area (Å²) in [6, 6.07) is -0.338. The Labute approximate surface area is 60.3 Å². The number of hydrogen-bond acceptors (Lipinski definition) is 4. The molecular weight excluding hydrogens is 154 g/mol. The fourth-order valence-corrected chi connectivity index (χ4v) is 2.91. The van der Waals surface area contributed by atoms with Crippen molar-refractivity contribution in [1.29, 1.82) is 0 Å². The Kier molecular flexibility index (Phi) is 1.98. The van der Waals surface area contributed by atoms with Crippen molar-refractivity contribution in [2.45, 2.75) is 12.1 Å². The summed E-state index contributed by atoms with van der Waals surface area (Å²) in [6.07, 6.45) is -0.301. The normalized spacial score (nSPS) is 38.2. The van der Waals surface area contributed by atoms with E-state index in [0.717, 1.165) is 0 Å². The molecule has 2 N–H and O–H groups in total. The maximum absolute atomic E-state index is 10.9. The molecule has 4 nitrogen and oxygen atoms in total. The minimum atomic E-state index is -2.91. The quantitative estimate of drug-likeness (QED) is 0.527. The first-order valence-electron chi connectivity index (χ1n) is 3.04. The van der Waals surface area contributed by atoms with Crippen molar-refractivity contribution in [3.8, 4) is 0 Å². The smallest absolute Gasteiger partial charge is 0.154 e. The van der Waals surface area contributed by atoms with Crippen LogP contribution in [0.1, 0.15) is 0 Å². The van der Waals surface area contributed by atoms with Crippen molar-refractivity contribution in [2.24, 2.45) is 5.73 Å². The first kappa shape index (κ1) is 7.97. The molecule has 0 unspecified atom stereocenters. The van der Waals surface area contributed by atoms with E-state index >= 15 is 0 Å². The van der Waals surface area contributed by atoms with Crippen molar-refractivity contribution in [2.75, 3.05) is 18.6 Å². The van der Waals surface area contributed by atoms with E-state index in [4.69, 9.17) is 10.5 Å². The third-order valence-electron chi connectivity index (χ3n) is 1.64. The van der Waals surface area contributed by atoms with Gasteiger partial charge in [-0.15, -0.1) is 0 Å². The Hall–Kier alpha value is -0.130. The van der Waals surface area contributed by atoms with Crippen molar-refractivity contribution >= 4 is 9.84 Å². The van der Waals surface area contributed by atoms with E-state index in [2.05, 4.69) is 0 Å². The average Bonchev–Trinajstić information content (AvgIpc) is 2.05. The summed E-state index contributed by atoms with van der Waals surface area (Å²) in [5.41, 5.74) is 5.46. The molecule has 1 fully saturated rings. The van der Waals surface area contributed by atoms with E-state index in [0.29, 0.717) is 0 Å². The zero-order chi connectivity index (χ0) is 7.78. The van der Waals surface area contributed by atoms with E-state index in [9.17, 15) is 8.42 Å². The predicted molar refractivity (Wildman–Crippen MR) is 37.4 cm³/mol. The Morgan fingerprint density at radius 1 is 1.50 bits per heavy atom. The molecule has 1 aliphatic heterocycles. The van der Waals surface area contributed by atoms with Gasteiger partial charge in [-0.3, -0.25) is 0 Å². The van der Waals surface area contributed by atoms with Gasteiger partial charge >= 0.3 is 0 Å². The fraction of sp³-hybridized carbons (Fsp3) is 1.00. The molecule has 0 aromatic heterocycles. The van der Waals surface area contributed by atoms with Crippen molar-refractivity contribution in [3.05, 3.63) is 0 Å². The van der Waals surface area contributed by atoms with Gasteiger partial charge in [0.15, 0.2) is 9.84 Å². The lowest BCUT2D eigenvalue weighted by Gasteiger charge is -2.09. The van der Waals surface area contributed by atoms with E-state index in [-0.39, 0.29) is 23.7 Å². The topological polar surface area (TPSA) is 69.4 Å². The zero-order valence-electron chi connectivity index (χ0n) is 5.78. The highest BCUT2D eigenvalue weighted by molar-refractivity contribution is 7.91. The molecule has 0 aromatic carbocycles. The van der Waals surface area contributed by atoms with Crippen LogP contribution in [0, 0.1) is 0 Å². The number of sulfone groups is 1. The molecule has 0 saturated carbocycles. The molecule has 0 spiro atoms. The van der Waals surface area contributed by atoms with Gasteiger partial charge in [-0.25, -0.2) is 8.42 Å². The highest BCUT2D eigenvalue weighted by Crippen LogP contribution is 2.12. The Balaban J connectivity index is 2.71. The molecule has 0 amide bonds. The first-order chi connectivity index (χ1) is 4.55. The van der Waals surface area contributed by atoms with Crippen LogP contribution in [0.3, 0.4) is 0 Å². The van der Waals surface area contributed by atoms with E-state index in [1.165, 1.54) is 7.11 Å². The van der Waals surface area contributed by atoms with Crippen molar-refractivity contribution in [3.63, 3.8) is 0 Å². The van der Waals surface area contributed by atoms with Gasteiger partial charge < -0.3 is 10.5 Å². The lowest BCUT2D eigenvalue weighted by molar-refractivity contribution is 0.110. The van der Waals surface area contributed by atoms with Crippen LogP contribution < -0.4 is 5.73 Å². The first-order valence-corrected chi connectivity index (χ1v) is 4.86. The van der Waals surface area contributed by atoms with Gasteiger partial charge in [-0.05, 0) is 0 Å². The molecular formula is C5H11NO3S. The lowest BCUT2D eigenvalue weighted by atomic mass is 10.2. The Bertz CT molecular complexity index is 211. The standard InChI is InChI=1S/C5H11NO3S/c1-9-5-3-10(7,8)2-4(5)6/h4-5H,2-3,6H2,1H3/t4-,5-/m1/s1. The predicted octanol–water partition coefficient (Wildman–Crippen LogP) is -1.24. The van der Waals surface area contributed by atoms with Crippen LogP contribution in [0.25, 0.3) is 0 Å². The van der Waals surface area contributed by atoms with Crippen molar-refractivity contribution < 1.29 is 13.2 Å². The van der Waals surface area contributed by atoms with Crippen LogP contribution in [-0.2, 0) is 14.6 Å². The van der Waals surface area contributed by atoms with Gasteiger partial charge in [0.25, 0.3) is 0 Å². The van der Waals surface area contributed by atoms with E-state index in [1.54, 1.807) is 0 Å². The highest BCUT2D eigenvalue weighted by Gasteiger charge is 2.34. The number of methoxy groups -OCH3 is 1. The summed E-state index contributed by atoms with van der Waals surface area (Å²) >= 11 is 0. The molecule has 1 saturated heterocycles. The Morgan fingerprint density at radius 3 is 2.30 bits per heavy atom. The minimum absolute atomic E-state index is 0.0610. The SMILES string of the molecule is CO[C@@H]1CS(=O)(=O)C[C@H]1N. The third-order valence-corrected chi connectivity index (χ3v) is 3.37. The fourth-order valence-electron chi connectivity index (χ4n) is 1.09. The molecule has 0 radical (unpaired) electrons. The van der Waals surface area contributed by atoms with Gasteiger partial charge in [-0.1, -0.05) is 0 Å². The number of ether oxygens (including phenoxy) is 1. The number of hydrogen-bond donors (Lipinski definition) is 1. The largest absolute Gasteiger partial charge is 0.379 e. The number of nitrogens with two attached hydrogens (primary N) is 1. The van der Waals surface area contributed by atoms with Crippen LogP contribution in [0.15, 0.2) is 0 Å². The second kappa shape index (κ2) is 2.48. The second-order valence-electron chi connectivity index (χ2n) is 2.51. The Morgan fingerprint density at radius 2 is 2.10 bits per heavy atom. The van der Waals surface area contributed by atoms with Crippen LogP contribution in [-0.4, -0.2) is 39.2 Å². The molecule has 5 heteroatoms. The van der Waals surface area contributed by atoms with Crippen LogP contribution >= 0.6 is 0 Å². The van der Waals surface area contributed by atoms with Gasteiger partial charge in [0.05, 0.1) is 17.6 Å². The molecule has 2 atom stereocenters. The zero-order valence-corrected chi connectivity index (χ0v) is 6.60. The third kappa shape index (κ3) is 1.47. The van der Waals surface area contributed by atoms with Crippen molar-refractivity contribution in [1.82, 2.24) is 0 Å². The molecule has 1 heterocycles. The maximum atomic E-state index is 10.9. The monoisotopic (exact) mass is 165 g/mol. The minimum Gasteiger partial charge on any atom is -0.379 e. The van der Waals surface area contributed by atoms with E-state index in [1.807, 2.05) is 0 Å². The lowest BCUT2D eigenvalue weighted by Crippen LogP contribution is -2.34. The highest BCUT2D eigenvalue weighted by atomic mass is 32.2. The summed E-state index contributed by atoms with van der Waals surface area (Å²) in [7, 11) is -1.43. The molecule has 60 valence electrons. The summed E-state index contributed by atoms with van der Waals surface area (Å²) in [6.45, 7) is 0. The van der Waals surface area contributed by atoms with E-state index < -0.39 is 9.84 Å². The summed E-state index contributed by atoms with van der Waals surface area (Å²) in [5.74, 6) is 0.135. The molecule has 0 aromatic rings. The van der Waals surface area contributed by atoms with Crippen LogP contribution in [0.5, 0.6) is 0 Å². The van der Waals surface area contributed by atoms with Gasteiger partial charge in [0, 0.05) is 13.2 Å². The molecule has 0 bridgehead atoms. The molecule has 10 heavy (non-hydrogen) atoms. The average molecular weight is 165 g/mol. The second-order valence-corrected chi connectivity index (χ2v) is 4.67. The molecule has 0 aliphatic carbocycles.